The molecule has 2 aromatic carbocycles. The Balaban J connectivity index is 1.84. The highest BCUT2D eigenvalue weighted by Crippen LogP contribution is 2.44. The Kier molecular flexibility index (Phi) is 6.21. The molecular weight excluding hydrogens is 406 g/mol. The third-order valence-electron chi connectivity index (χ3n) is 6.11. The Bertz CT molecular complexity index is 1030. The van der Waals surface area contributed by atoms with Crippen molar-refractivity contribution < 1.29 is 24.2 Å². The molecule has 1 atom stereocenters. The first-order valence-corrected chi connectivity index (χ1v) is 11.1. The summed E-state index contributed by atoms with van der Waals surface area (Å²) in [7, 11) is 1.56. The Morgan fingerprint density at radius 1 is 1.03 bits per heavy atom. The van der Waals surface area contributed by atoms with Gasteiger partial charge in [0.15, 0.2) is 0 Å². The van der Waals surface area contributed by atoms with E-state index in [1.807, 2.05) is 38.1 Å². The molecule has 4 rings (SSSR count). The number of methoxy groups -OCH3 is 1. The maximum atomic E-state index is 13.2. The van der Waals surface area contributed by atoms with Gasteiger partial charge in [0.25, 0.3) is 11.7 Å². The fourth-order valence-corrected chi connectivity index (χ4v) is 4.67. The van der Waals surface area contributed by atoms with E-state index in [2.05, 4.69) is 0 Å². The minimum atomic E-state index is -0.657. The highest BCUT2D eigenvalue weighted by Gasteiger charge is 2.49. The van der Waals surface area contributed by atoms with Gasteiger partial charge in [0.05, 0.1) is 24.8 Å². The van der Waals surface area contributed by atoms with Gasteiger partial charge in [0, 0.05) is 11.6 Å². The van der Waals surface area contributed by atoms with Gasteiger partial charge in [-0.2, -0.15) is 0 Å². The van der Waals surface area contributed by atoms with Crippen LogP contribution >= 0.6 is 0 Å². The second-order valence-electron chi connectivity index (χ2n) is 8.61. The molecule has 1 amide bonds. The lowest BCUT2D eigenvalue weighted by Crippen LogP contribution is -2.37. The first-order chi connectivity index (χ1) is 15.4. The number of nitrogens with zero attached hydrogens (tertiary/aromatic N) is 1. The highest BCUT2D eigenvalue weighted by molar-refractivity contribution is 6.46. The molecule has 1 N–H and O–H groups in total. The lowest BCUT2D eigenvalue weighted by molar-refractivity contribution is -0.141. The zero-order chi connectivity index (χ0) is 22.8. The number of ether oxygens (including phenoxy) is 2. The van der Waals surface area contributed by atoms with Gasteiger partial charge in [-0.25, -0.2) is 0 Å². The van der Waals surface area contributed by atoms with Crippen LogP contribution in [0.25, 0.3) is 5.76 Å². The van der Waals surface area contributed by atoms with E-state index in [4.69, 9.17) is 9.47 Å². The van der Waals surface area contributed by atoms with Gasteiger partial charge in [-0.3, -0.25) is 9.59 Å². The van der Waals surface area contributed by atoms with Crippen LogP contribution in [-0.4, -0.2) is 41.0 Å². The predicted octanol–water partition coefficient (Wildman–Crippen LogP) is 4.85. The summed E-state index contributed by atoms with van der Waals surface area (Å²) in [5, 5.41) is 11.2. The summed E-state index contributed by atoms with van der Waals surface area (Å²) >= 11 is 0. The second-order valence-corrected chi connectivity index (χ2v) is 8.61. The maximum absolute atomic E-state index is 13.2. The normalized spacial score (nSPS) is 20.9. The predicted molar refractivity (Wildman–Crippen MR) is 122 cm³/mol. The standard InChI is InChI=1S/C26H29NO5/c1-16(2)32-21-10-6-7-18(15-21)23-22(24(28)17-11-13-20(31-3)14-12-17)25(29)26(30)27(23)19-8-4-5-9-19/h6-7,10-16,19,23,28H,4-5,8-9H2,1-3H3/b24-22-. The Morgan fingerprint density at radius 3 is 2.34 bits per heavy atom. The second kappa shape index (κ2) is 9.07. The molecule has 0 bridgehead atoms. The van der Waals surface area contributed by atoms with Crippen LogP contribution in [0.15, 0.2) is 54.1 Å². The quantitative estimate of drug-likeness (QED) is 0.399. The van der Waals surface area contributed by atoms with E-state index in [-0.39, 0.29) is 23.5 Å². The highest BCUT2D eigenvalue weighted by atomic mass is 16.5. The van der Waals surface area contributed by atoms with Crippen molar-refractivity contribution in [3.8, 4) is 11.5 Å². The molecule has 2 aromatic rings. The van der Waals surface area contributed by atoms with Crippen LogP contribution in [0.2, 0.25) is 0 Å². The van der Waals surface area contributed by atoms with Crippen LogP contribution in [0.5, 0.6) is 11.5 Å². The van der Waals surface area contributed by atoms with Crippen LogP contribution in [0.1, 0.15) is 56.7 Å². The number of rotatable bonds is 6. The zero-order valence-electron chi connectivity index (χ0n) is 18.7. The van der Waals surface area contributed by atoms with Gasteiger partial charge in [-0.15, -0.1) is 0 Å². The number of aliphatic hydroxyl groups is 1. The Hall–Kier alpha value is -3.28. The van der Waals surface area contributed by atoms with Gasteiger partial charge in [-0.1, -0.05) is 25.0 Å². The molecule has 1 saturated heterocycles. The summed E-state index contributed by atoms with van der Waals surface area (Å²) in [6, 6.07) is 13.6. The molecule has 0 spiro atoms. The molecule has 1 aliphatic carbocycles. The van der Waals surface area contributed by atoms with Crippen molar-refractivity contribution in [1.29, 1.82) is 0 Å². The molecule has 1 saturated carbocycles. The minimum Gasteiger partial charge on any atom is -0.507 e. The summed E-state index contributed by atoms with van der Waals surface area (Å²) in [6.45, 7) is 3.89. The van der Waals surface area contributed by atoms with Crippen molar-refractivity contribution in [2.75, 3.05) is 7.11 Å². The first-order valence-electron chi connectivity index (χ1n) is 11.1. The Labute approximate surface area is 188 Å². The fourth-order valence-electron chi connectivity index (χ4n) is 4.67. The van der Waals surface area contributed by atoms with Crippen molar-refractivity contribution in [3.05, 3.63) is 65.2 Å². The molecule has 32 heavy (non-hydrogen) atoms. The molecule has 1 aliphatic heterocycles. The number of ketones is 1. The zero-order valence-corrected chi connectivity index (χ0v) is 18.7. The first kappa shape index (κ1) is 21.9. The van der Waals surface area contributed by atoms with E-state index in [0.717, 1.165) is 31.2 Å². The summed E-state index contributed by atoms with van der Waals surface area (Å²) in [5.74, 6) is -0.0637. The number of carbonyl (C=O) groups excluding carboxylic acids is 2. The summed E-state index contributed by atoms with van der Waals surface area (Å²) < 4.78 is 11.0. The largest absolute Gasteiger partial charge is 0.507 e. The van der Waals surface area contributed by atoms with Crippen molar-refractivity contribution in [1.82, 2.24) is 4.90 Å². The van der Waals surface area contributed by atoms with E-state index in [1.54, 1.807) is 36.3 Å². The smallest absolute Gasteiger partial charge is 0.295 e. The third kappa shape index (κ3) is 4.09. The number of hydrogen-bond acceptors (Lipinski definition) is 5. The van der Waals surface area contributed by atoms with Crippen molar-refractivity contribution in [2.45, 2.75) is 57.7 Å². The van der Waals surface area contributed by atoms with Crippen LogP contribution < -0.4 is 9.47 Å². The molecule has 168 valence electrons. The van der Waals surface area contributed by atoms with Crippen LogP contribution in [0, 0.1) is 0 Å². The van der Waals surface area contributed by atoms with Crippen LogP contribution in [0.3, 0.4) is 0 Å². The minimum absolute atomic E-state index is 0.00857. The summed E-state index contributed by atoms with van der Waals surface area (Å²) in [4.78, 5) is 28.0. The number of carbonyl (C=O) groups is 2. The fraction of sp³-hybridized carbons (Fsp3) is 0.385. The van der Waals surface area contributed by atoms with Gasteiger partial charge in [0.1, 0.15) is 17.3 Å². The maximum Gasteiger partial charge on any atom is 0.295 e. The molecule has 2 fully saturated rings. The molecule has 1 unspecified atom stereocenters. The van der Waals surface area contributed by atoms with Crippen molar-refractivity contribution in [2.24, 2.45) is 0 Å². The molecule has 6 nitrogen and oxygen atoms in total. The van der Waals surface area contributed by atoms with Gasteiger partial charge < -0.3 is 19.5 Å². The summed E-state index contributed by atoms with van der Waals surface area (Å²) in [5.41, 5.74) is 1.34. The van der Waals surface area contributed by atoms with Gasteiger partial charge >= 0.3 is 0 Å². The van der Waals surface area contributed by atoms with E-state index in [9.17, 15) is 14.7 Å². The van der Waals surface area contributed by atoms with Crippen LogP contribution in [-0.2, 0) is 9.59 Å². The van der Waals surface area contributed by atoms with Gasteiger partial charge in [0.2, 0.25) is 0 Å². The van der Waals surface area contributed by atoms with E-state index < -0.39 is 17.7 Å². The average Bonchev–Trinajstić information content (AvgIpc) is 3.40. The number of likely N-dealkylation sites (tertiary alicyclic amines) is 1. The summed E-state index contributed by atoms with van der Waals surface area (Å²) in [6.07, 6.45) is 3.75. The lowest BCUT2D eigenvalue weighted by atomic mass is 9.94. The molecule has 0 aromatic heterocycles. The molecule has 1 heterocycles. The van der Waals surface area contributed by atoms with Crippen LogP contribution in [0.4, 0.5) is 0 Å². The molecule has 6 heteroatoms. The SMILES string of the molecule is COc1ccc(/C(O)=C2/C(=O)C(=O)N(C3CCCC3)C2c2cccc(OC(C)C)c2)cc1. The molecule has 2 aliphatic rings. The lowest BCUT2D eigenvalue weighted by Gasteiger charge is -2.31. The molecular formula is C26H29NO5. The number of benzene rings is 2. The van der Waals surface area contributed by atoms with E-state index in [1.165, 1.54) is 0 Å². The number of Topliss-reactive ketones (excluding diaryl/α,β-unsaturated/α-hetero) is 1. The van der Waals surface area contributed by atoms with Crippen molar-refractivity contribution in [3.63, 3.8) is 0 Å². The number of hydrogen-bond donors (Lipinski definition) is 1. The molecule has 0 radical (unpaired) electrons. The number of amides is 1. The monoisotopic (exact) mass is 435 g/mol. The van der Waals surface area contributed by atoms with Crippen molar-refractivity contribution >= 4 is 17.4 Å². The van der Waals surface area contributed by atoms with E-state index in [0.29, 0.717) is 17.1 Å². The number of aliphatic hydroxyl groups excluding tert-OH is 1. The van der Waals surface area contributed by atoms with Gasteiger partial charge in [-0.05, 0) is 68.7 Å². The Morgan fingerprint density at radius 2 is 1.72 bits per heavy atom. The third-order valence-corrected chi connectivity index (χ3v) is 6.11. The topological polar surface area (TPSA) is 76.1 Å². The average molecular weight is 436 g/mol. The van der Waals surface area contributed by atoms with E-state index >= 15 is 0 Å².